The van der Waals surface area contributed by atoms with Crippen molar-refractivity contribution in [1.29, 1.82) is 0 Å². The first-order valence-electron chi connectivity index (χ1n) is 4.98. The maximum absolute atomic E-state index is 11.4. The van der Waals surface area contributed by atoms with Crippen LogP contribution in [0.15, 0.2) is 18.7 Å². The Bertz CT molecular complexity index is 290. The molecule has 5 nitrogen and oxygen atoms in total. The van der Waals surface area contributed by atoms with Gasteiger partial charge in [0, 0.05) is 25.5 Å². The molecule has 82 valence electrons. The minimum atomic E-state index is -0.153. The van der Waals surface area contributed by atoms with Gasteiger partial charge in [0.05, 0.1) is 5.56 Å². The lowest BCUT2D eigenvalue weighted by Crippen LogP contribution is -2.24. The molecular weight excluding hydrogens is 194 g/mol. The van der Waals surface area contributed by atoms with Gasteiger partial charge in [-0.2, -0.15) is 0 Å². The van der Waals surface area contributed by atoms with Crippen molar-refractivity contribution >= 4 is 5.91 Å². The lowest BCUT2D eigenvalue weighted by molar-refractivity contribution is 0.0952. The molecule has 1 heterocycles. The van der Waals surface area contributed by atoms with Crippen LogP contribution < -0.4 is 5.32 Å². The van der Waals surface area contributed by atoms with Crippen molar-refractivity contribution in [2.75, 3.05) is 13.2 Å². The molecule has 0 aromatic carbocycles. The first-order chi connectivity index (χ1) is 7.34. The monoisotopic (exact) mass is 209 g/mol. The second-order valence-electron chi connectivity index (χ2n) is 3.17. The van der Waals surface area contributed by atoms with E-state index in [0.29, 0.717) is 12.1 Å². The summed E-state index contributed by atoms with van der Waals surface area (Å²) >= 11 is 0. The van der Waals surface area contributed by atoms with Crippen LogP contribution in [0.25, 0.3) is 0 Å². The van der Waals surface area contributed by atoms with Crippen LogP contribution in [0.2, 0.25) is 0 Å². The standard InChI is InChI=1S/C10H15N3O2/c14-5-3-1-2-4-13-10(15)9-6-11-8-12-7-9/h6-8,14H,1-5H2,(H,13,15). The highest BCUT2D eigenvalue weighted by Crippen LogP contribution is 1.95. The zero-order chi connectivity index (χ0) is 10.9. The van der Waals surface area contributed by atoms with Crippen LogP contribution in [-0.2, 0) is 0 Å². The van der Waals surface area contributed by atoms with Crippen molar-refractivity contribution in [3.05, 3.63) is 24.3 Å². The summed E-state index contributed by atoms with van der Waals surface area (Å²) in [7, 11) is 0. The Balaban J connectivity index is 2.20. The number of amides is 1. The van der Waals surface area contributed by atoms with Gasteiger partial charge in [0.25, 0.3) is 5.91 Å². The van der Waals surface area contributed by atoms with Crippen molar-refractivity contribution in [2.45, 2.75) is 19.3 Å². The van der Waals surface area contributed by atoms with Gasteiger partial charge in [-0.1, -0.05) is 0 Å². The molecule has 1 rings (SSSR count). The van der Waals surface area contributed by atoms with E-state index in [-0.39, 0.29) is 12.5 Å². The minimum absolute atomic E-state index is 0.153. The Labute approximate surface area is 88.6 Å². The van der Waals surface area contributed by atoms with Crippen molar-refractivity contribution in [1.82, 2.24) is 15.3 Å². The van der Waals surface area contributed by atoms with Gasteiger partial charge in [-0.3, -0.25) is 4.79 Å². The van der Waals surface area contributed by atoms with Gasteiger partial charge in [-0.05, 0) is 19.3 Å². The molecule has 1 aromatic heterocycles. The van der Waals surface area contributed by atoms with E-state index in [2.05, 4.69) is 15.3 Å². The number of hydrogen-bond donors (Lipinski definition) is 2. The molecule has 1 aromatic rings. The Kier molecular flexibility index (Phi) is 5.32. The summed E-state index contributed by atoms with van der Waals surface area (Å²) in [5.41, 5.74) is 0.472. The van der Waals surface area contributed by atoms with Crippen LogP contribution in [0.1, 0.15) is 29.6 Å². The SMILES string of the molecule is O=C(NCCCCCO)c1cncnc1. The fourth-order valence-electron chi connectivity index (χ4n) is 1.13. The number of carbonyl (C=O) groups excluding carboxylic acids is 1. The lowest BCUT2D eigenvalue weighted by Gasteiger charge is -2.03. The molecule has 0 aliphatic heterocycles. The zero-order valence-corrected chi connectivity index (χ0v) is 8.52. The van der Waals surface area contributed by atoms with Crippen LogP contribution in [0, 0.1) is 0 Å². The summed E-state index contributed by atoms with van der Waals surface area (Å²) in [5.74, 6) is -0.153. The van der Waals surface area contributed by atoms with E-state index in [1.54, 1.807) is 0 Å². The molecule has 0 aliphatic carbocycles. The van der Waals surface area contributed by atoms with E-state index in [4.69, 9.17) is 5.11 Å². The van der Waals surface area contributed by atoms with E-state index in [1.807, 2.05) is 0 Å². The number of rotatable bonds is 6. The molecular formula is C10H15N3O2. The predicted octanol–water partition coefficient (Wildman–Crippen LogP) is 0.369. The Morgan fingerprint density at radius 1 is 1.27 bits per heavy atom. The number of aliphatic hydroxyl groups excluding tert-OH is 1. The van der Waals surface area contributed by atoms with Gasteiger partial charge >= 0.3 is 0 Å². The van der Waals surface area contributed by atoms with Crippen LogP contribution in [0.5, 0.6) is 0 Å². The minimum Gasteiger partial charge on any atom is -0.396 e. The van der Waals surface area contributed by atoms with E-state index in [0.717, 1.165) is 19.3 Å². The van der Waals surface area contributed by atoms with Crippen molar-refractivity contribution in [3.63, 3.8) is 0 Å². The fraction of sp³-hybridized carbons (Fsp3) is 0.500. The molecule has 0 fully saturated rings. The number of carbonyl (C=O) groups is 1. The normalized spacial score (nSPS) is 9.93. The molecule has 0 unspecified atom stereocenters. The number of nitrogens with one attached hydrogen (secondary N) is 1. The Morgan fingerprint density at radius 2 is 2.00 bits per heavy atom. The van der Waals surface area contributed by atoms with Crippen LogP contribution in [-0.4, -0.2) is 34.1 Å². The molecule has 0 bridgehead atoms. The number of aliphatic hydroxyl groups is 1. The maximum atomic E-state index is 11.4. The topological polar surface area (TPSA) is 75.1 Å². The molecule has 5 heteroatoms. The van der Waals surface area contributed by atoms with Crippen molar-refractivity contribution < 1.29 is 9.90 Å². The number of hydrogen-bond acceptors (Lipinski definition) is 4. The Hall–Kier alpha value is -1.49. The average Bonchev–Trinajstić information content (AvgIpc) is 2.30. The second kappa shape index (κ2) is 6.89. The van der Waals surface area contributed by atoms with Gasteiger partial charge in [0.1, 0.15) is 6.33 Å². The highest BCUT2D eigenvalue weighted by molar-refractivity contribution is 5.93. The molecule has 1 amide bonds. The van der Waals surface area contributed by atoms with Crippen LogP contribution >= 0.6 is 0 Å². The zero-order valence-electron chi connectivity index (χ0n) is 8.52. The Morgan fingerprint density at radius 3 is 2.67 bits per heavy atom. The van der Waals surface area contributed by atoms with Crippen molar-refractivity contribution in [3.8, 4) is 0 Å². The summed E-state index contributed by atoms with van der Waals surface area (Å²) in [4.78, 5) is 19.0. The third kappa shape index (κ3) is 4.51. The summed E-state index contributed by atoms with van der Waals surface area (Å²) < 4.78 is 0. The molecule has 0 aliphatic rings. The summed E-state index contributed by atoms with van der Waals surface area (Å²) in [6.07, 6.45) is 6.93. The highest BCUT2D eigenvalue weighted by atomic mass is 16.2. The van der Waals surface area contributed by atoms with Gasteiger partial charge < -0.3 is 10.4 Å². The smallest absolute Gasteiger partial charge is 0.254 e. The van der Waals surface area contributed by atoms with Crippen LogP contribution in [0.3, 0.4) is 0 Å². The third-order valence-electron chi connectivity index (χ3n) is 1.94. The van der Waals surface area contributed by atoms with Gasteiger partial charge in [0.2, 0.25) is 0 Å². The lowest BCUT2D eigenvalue weighted by atomic mass is 10.2. The molecule has 2 N–H and O–H groups in total. The summed E-state index contributed by atoms with van der Waals surface area (Å²) in [5, 5.41) is 11.3. The first-order valence-corrected chi connectivity index (χ1v) is 4.98. The average molecular weight is 209 g/mol. The second-order valence-corrected chi connectivity index (χ2v) is 3.17. The largest absolute Gasteiger partial charge is 0.396 e. The summed E-state index contributed by atoms with van der Waals surface area (Å²) in [6, 6.07) is 0. The molecule has 15 heavy (non-hydrogen) atoms. The van der Waals surface area contributed by atoms with E-state index in [1.165, 1.54) is 18.7 Å². The van der Waals surface area contributed by atoms with Gasteiger partial charge in [0.15, 0.2) is 0 Å². The predicted molar refractivity (Wildman–Crippen MR) is 55.3 cm³/mol. The van der Waals surface area contributed by atoms with E-state index < -0.39 is 0 Å². The number of aromatic nitrogens is 2. The fourth-order valence-corrected chi connectivity index (χ4v) is 1.13. The van der Waals surface area contributed by atoms with E-state index >= 15 is 0 Å². The molecule has 0 radical (unpaired) electrons. The molecule has 0 saturated carbocycles. The van der Waals surface area contributed by atoms with E-state index in [9.17, 15) is 4.79 Å². The highest BCUT2D eigenvalue weighted by Gasteiger charge is 2.03. The number of unbranched alkanes of at least 4 members (excludes halogenated alkanes) is 2. The van der Waals surface area contributed by atoms with Gasteiger partial charge in [-0.25, -0.2) is 9.97 Å². The third-order valence-corrected chi connectivity index (χ3v) is 1.94. The molecule has 0 spiro atoms. The molecule has 0 atom stereocenters. The maximum Gasteiger partial charge on any atom is 0.254 e. The number of nitrogens with zero attached hydrogens (tertiary/aromatic N) is 2. The molecule has 0 saturated heterocycles. The van der Waals surface area contributed by atoms with Gasteiger partial charge in [-0.15, -0.1) is 0 Å². The van der Waals surface area contributed by atoms with Crippen molar-refractivity contribution in [2.24, 2.45) is 0 Å². The summed E-state index contributed by atoms with van der Waals surface area (Å²) in [6.45, 7) is 0.828. The van der Waals surface area contributed by atoms with Crippen LogP contribution in [0.4, 0.5) is 0 Å². The quantitative estimate of drug-likeness (QED) is 0.664. The first kappa shape index (κ1) is 11.6.